The molecule has 1 aliphatic heterocycles. The van der Waals surface area contributed by atoms with Crippen LogP contribution in [0.25, 0.3) is 11.4 Å². The summed E-state index contributed by atoms with van der Waals surface area (Å²) in [4.78, 5) is 11.5. The lowest BCUT2D eigenvalue weighted by Crippen LogP contribution is -2.22. The average Bonchev–Trinajstić information content (AvgIpc) is 2.79. The zero-order valence-electron chi connectivity index (χ0n) is 10.2. The summed E-state index contributed by atoms with van der Waals surface area (Å²) in [6.45, 7) is 0.632. The minimum absolute atomic E-state index is 0.176. The summed E-state index contributed by atoms with van der Waals surface area (Å²) in [7, 11) is 3.20. The van der Waals surface area contributed by atoms with Crippen molar-refractivity contribution >= 4 is 0 Å². The lowest BCUT2D eigenvalue weighted by Gasteiger charge is -2.19. The fourth-order valence-electron chi connectivity index (χ4n) is 2.30. The van der Waals surface area contributed by atoms with Gasteiger partial charge in [0.2, 0.25) is 0 Å². The molecule has 0 fully saturated rings. The first kappa shape index (κ1) is 10.9. The zero-order valence-corrected chi connectivity index (χ0v) is 10.2. The van der Waals surface area contributed by atoms with Gasteiger partial charge in [-0.2, -0.15) is 5.10 Å². The molecule has 1 N–H and O–H groups in total. The molecule has 94 valence electrons. The number of nitrogens with one attached hydrogen (secondary N) is 1. The summed E-state index contributed by atoms with van der Waals surface area (Å²) in [5, 5.41) is 6.53. The molecule has 18 heavy (non-hydrogen) atoms. The lowest BCUT2D eigenvalue weighted by atomic mass is 10.00. The number of hydrogen-bond acceptors (Lipinski definition) is 4. The summed E-state index contributed by atoms with van der Waals surface area (Å²) in [5.74, 6) is 1.99. The maximum Gasteiger partial charge on any atom is 0.343 e. The van der Waals surface area contributed by atoms with E-state index in [4.69, 9.17) is 9.47 Å². The Balaban J connectivity index is 2.24. The number of rotatable bonds is 2. The van der Waals surface area contributed by atoms with E-state index in [2.05, 4.69) is 10.2 Å². The molecule has 6 nitrogen and oxygen atoms in total. The number of methoxy groups -OCH3 is 2. The zero-order chi connectivity index (χ0) is 12.7. The molecule has 1 aromatic heterocycles. The summed E-state index contributed by atoms with van der Waals surface area (Å²) in [5.41, 5.74) is 1.85. The van der Waals surface area contributed by atoms with Crippen LogP contribution in [0.1, 0.15) is 5.56 Å². The van der Waals surface area contributed by atoms with Crippen molar-refractivity contribution in [2.45, 2.75) is 13.0 Å². The van der Waals surface area contributed by atoms with E-state index in [0.29, 0.717) is 23.9 Å². The second kappa shape index (κ2) is 3.90. The van der Waals surface area contributed by atoms with E-state index < -0.39 is 0 Å². The van der Waals surface area contributed by atoms with Gasteiger partial charge in [-0.1, -0.05) is 0 Å². The third kappa shape index (κ3) is 1.42. The molecule has 1 aromatic carbocycles. The van der Waals surface area contributed by atoms with E-state index in [9.17, 15) is 4.79 Å². The number of fused-ring (bicyclic) bond motifs is 3. The van der Waals surface area contributed by atoms with Gasteiger partial charge in [0.05, 0.1) is 14.2 Å². The quantitative estimate of drug-likeness (QED) is 0.852. The minimum atomic E-state index is -0.176. The van der Waals surface area contributed by atoms with Gasteiger partial charge in [0.1, 0.15) is 0 Å². The van der Waals surface area contributed by atoms with Gasteiger partial charge >= 0.3 is 5.69 Å². The third-order valence-electron chi connectivity index (χ3n) is 3.21. The van der Waals surface area contributed by atoms with Crippen LogP contribution in [-0.2, 0) is 13.0 Å². The Bertz CT molecular complexity index is 657. The van der Waals surface area contributed by atoms with Gasteiger partial charge in [-0.15, -0.1) is 0 Å². The molecule has 2 aromatic rings. The second-order valence-corrected chi connectivity index (χ2v) is 4.12. The van der Waals surface area contributed by atoms with Crippen LogP contribution in [-0.4, -0.2) is 29.0 Å². The van der Waals surface area contributed by atoms with Crippen LogP contribution < -0.4 is 15.2 Å². The fourth-order valence-corrected chi connectivity index (χ4v) is 2.30. The van der Waals surface area contributed by atoms with Crippen molar-refractivity contribution in [3.63, 3.8) is 0 Å². The van der Waals surface area contributed by atoms with E-state index >= 15 is 0 Å². The molecular weight excluding hydrogens is 234 g/mol. The monoisotopic (exact) mass is 247 g/mol. The molecule has 1 aliphatic rings. The number of aromatic nitrogens is 3. The number of aryl methyl sites for hydroxylation is 1. The lowest BCUT2D eigenvalue weighted by molar-refractivity contribution is 0.354. The van der Waals surface area contributed by atoms with Crippen molar-refractivity contribution in [2.24, 2.45) is 0 Å². The number of aromatic amines is 1. The largest absolute Gasteiger partial charge is 0.493 e. The Morgan fingerprint density at radius 2 is 2.00 bits per heavy atom. The van der Waals surface area contributed by atoms with Crippen LogP contribution in [0.5, 0.6) is 11.5 Å². The van der Waals surface area contributed by atoms with Gasteiger partial charge in [-0.05, 0) is 24.1 Å². The third-order valence-corrected chi connectivity index (χ3v) is 3.21. The van der Waals surface area contributed by atoms with E-state index in [1.807, 2.05) is 12.1 Å². The van der Waals surface area contributed by atoms with Gasteiger partial charge in [-0.3, -0.25) is 4.57 Å². The molecular formula is C12H13N3O3. The van der Waals surface area contributed by atoms with Gasteiger partial charge in [0, 0.05) is 12.1 Å². The number of benzene rings is 1. The first-order chi connectivity index (χ1) is 8.74. The Morgan fingerprint density at radius 3 is 2.72 bits per heavy atom. The van der Waals surface area contributed by atoms with Crippen LogP contribution in [0, 0.1) is 0 Å². The molecule has 0 saturated carbocycles. The predicted octanol–water partition coefficient (Wildman–Crippen LogP) is 0.812. The fraction of sp³-hybridized carbons (Fsp3) is 0.333. The number of hydrogen-bond donors (Lipinski definition) is 1. The number of H-pyrrole nitrogens is 1. The SMILES string of the molecule is COc1cc2c(cc1OC)-c1n[nH]c(=O)n1CC2. The smallest absolute Gasteiger partial charge is 0.343 e. The molecule has 0 saturated heterocycles. The van der Waals surface area contributed by atoms with Crippen molar-refractivity contribution < 1.29 is 9.47 Å². The normalized spacial score (nSPS) is 12.8. The first-order valence-corrected chi connectivity index (χ1v) is 5.65. The molecule has 0 bridgehead atoms. The Hall–Kier alpha value is -2.24. The minimum Gasteiger partial charge on any atom is -0.493 e. The summed E-state index contributed by atoms with van der Waals surface area (Å²) in [6, 6.07) is 3.80. The van der Waals surface area contributed by atoms with Gasteiger partial charge in [0.25, 0.3) is 0 Å². The number of nitrogens with zero attached hydrogens (tertiary/aromatic N) is 2. The van der Waals surface area contributed by atoms with Crippen LogP contribution >= 0.6 is 0 Å². The van der Waals surface area contributed by atoms with E-state index in [-0.39, 0.29) is 5.69 Å². The predicted molar refractivity (Wildman–Crippen MR) is 65.1 cm³/mol. The second-order valence-electron chi connectivity index (χ2n) is 4.12. The maximum absolute atomic E-state index is 11.5. The van der Waals surface area contributed by atoms with Crippen LogP contribution in [0.4, 0.5) is 0 Å². The Labute approximate surface area is 103 Å². The molecule has 2 heterocycles. The molecule has 3 rings (SSSR count). The van der Waals surface area contributed by atoms with Gasteiger partial charge in [-0.25, -0.2) is 9.89 Å². The standard InChI is InChI=1S/C12H13N3O3/c1-17-9-5-7-3-4-15-11(13-14-12(15)16)8(7)6-10(9)18-2/h5-6H,3-4H2,1-2H3,(H,14,16). The average molecular weight is 247 g/mol. The molecule has 6 heteroatoms. The van der Waals surface area contributed by atoms with Gasteiger partial charge in [0.15, 0.2) is 17.3 Å². The van der Waals surface area contributed by atoms with Crippen LogP contribution in [0.2, 0.25) is 0 Å². The summed E-state index contributed by atoms with van der Waals surface area (Å²) >= 11 is 0. The summed E-state index contributed by atoms with van der Waals surface area (Å²) < 4.78 is 12.2. The maximum atomic E-state index is 11.5. The van der Waals surface area contributed by atoms with Crippen molar-refractivity contribution in [3.05, 3.63) is 28.2 Å². The number of ether oxygens (including phenoxy) is 2. The van der Waals surface area contributed by atoms with Crippen molar-refractivity contribution in [1.82, 2.24) is 14.8 Å². The highest BCUT2D eigenvalue weighted by molar-refractivity contribution is 5.67. The Morgan fingerprint density at radius 1 is 1.28 bits per heavy atom. The Kier molecular flexibility index (Phi) is 2.36. The molecule has 0 amide bonds. The molecule has 0 atom stereocenters. The van der Waals surface area contributed by atoms with E-state index in [0.717, 1.165) is 17.5 Å². The van der Waals surface area contributed by atoms with E-state index in [1.54, 1.807) is 18.8 Å². The van der Waals surface area contributed by atoms with Crippen LogP contribution in [0.15, 0.2) is 16.9 Å². The van der Waals surface area contributed by atoms with Crippen LogP contribution in [0.3, 0.4) is 0 Å². The molecule has 0 unspecified atom stereocenters. The van der Waals surface area contributed by atoms with Crippen molar-refractivity contribution in [2.75, 3.05) is 14.2 Å². The molecule has 0 radical (unpaired) electrons. The molecule has 0 aliphatic carbocycles. The topological polar surface area (TPSA) is 69.1 Å². The highest BCUT2D eigenvalue weighted by Gasteiger charge is 2.22. The highest BCUT2D eigenvalue weighted by Crippen LogP contribution is 2.36. The highest BCUT2D eigenvalue weighted by atomic mass is 16.5. The molecule has 0 spiro atoms. The first-order valence-electron chi connectivity index (χ1n) is 5.65. The van der Waals surface area contributed by atoms with Crippen molar-refractivity contribution in [3.8, 4) is 22.9 Å². The van der Waals surface area contributed by atoms with Crippen molar-refractivity contribution in [1.29, 1.82) is 0 Å². The van der Waals surface area contributed by atoms with E-state index in [1.165, 1.54) is 0 Å². The van der Waals surface area contributed by atoms with Gasteiger partial charge < -0.3 is 9.47 Å². The summed E-state index contributed by atoms with van der Waals surface area (Å²) in [6.07, 6.45) is 0.780.